The van der Waals surface area contributed by atoms with E-state index >= 15 is 0 Å². The second-order valence-electron chi connectivity index (χ2n) is 5.37. The van der Waals surface area contributed by atoms with Crippen molar-refractivity contribution in [2.24, 2.45) is 0 Å². The molecular formula is C17H17N3O2S2. The van der Waals surface area contributed by atoms with E-state index in [0.29, 0.717) is 11.1 Å². The molecule has 1 amide bonds. The molecule has 0 radical (unpaired) electrons. The van der Waals surface area contributed by atoms with Gasteiger partial charge in [-0.15, -0.1) is 21.5 Å². The van der Waals surface area contributed by atoms with E-state index in [2.05, 4.69) is 15.5 Å². The largest absolute Gasteiger partial charge is 0.410 e. The molecule has 124 valence electrons. The van der Waals surface area contributed by atoms with Crippen LogP contribution in [-0.4, -0.2) is 21.4 Å². The third-order valence-electron chi connectivity index (χ3n) is 3.51. The normalized spacial score (nSPS) is 12.1. The van der Waals surface area contributed by atoms with Gasteiger partial charge in [-0.2, -0.15) is 0 Å². The van der Waals surface area contributed by atoms with Crippen molar-refractivity contribution >= 4 is 34.7 Å². The number of nitrogens with zero attached hydrogens (tertiary/aromatic N) is 2. The van der Waals surface area contributed by atoms with Gasteiger partial charge in [0.05, 0.1) is 10.1 Å². The SMILES string of the molecule is Cc1cccc(C)c1NC(=O)[C@H](C)Sc1nnc(-c2cccs2)o1. The summed E-state index contributed by atoms with van der Waals surface area (Å²) in [6, 6.07) is 9.78. The number of carbonyl (C=O) groups is 1. The Balaban J connectivity index is 1.66. The number of carbonyl (C=O) groups excluding carboxylic acids is 1. The minimum absolute atomic E-state index is 0.0896. The first kappa shape index (κ1) is 16.7. The van der Waals surface area contributed by atoms with Crippen LogP contribution in [0.2, 0.25) is 0 Å². The van der Waals surface area contributed by atoms with Gasteiger partial charge in [-0.3, -0.25) is 4.79 Å². The van der Waals surface area contributed by atoms with Crippen molar-refractivity contribution in [3.05, 3.63) is 46.8 Å². The fraction of sp³-hybridized carbons (Fsp3) is 0.235. The fourth-order valence-corrected chi connectivity index (χ4v) is 3.53. The Labute approximate surface area is 148 Å². The number of thioether (sulfide) groups is 1. The zero-order chi connectivity index (χ0) is 17.1. The summed E-state index contributed by atoms with van der Waals surface area (Å²) in [7, 11) is 0. The molecule has 3 aromatic rings. The lowest BCUT2D eigenvalue weighted by atomic mass is 10.1. The first-order valence-corrected chi connectivity index (χ1v) is 9.21. The van der Waals surface area contributed by atoms with Crippen molar-refractivity contribution in [2.75, 3.05) is 5.32 Å². The average molecular weight is 359 g/mol. The van der Waals surface area contributed by atoms with Gasteiger partial charge in [0, 0.05) is 5.69 Å². The third-order valence-corrected chi connectivity index (χ3v) is 5.31. The number of amides is 1. The van der Waals surface area contributed by atoms with Crippen LogP contribution in [-0.2, 0) is 4.79 Å². The quantitative estimate of drug-likeness (QED) is 0.678. The smallest absolute Gasteiger partial charge is 0.277 e. The molecule has 7 heteroatoms. The monoisotopic (exact) mass is 359 g/mol. The van der Waals surface area contributed by atoms with Gasteiger partial charge in [0.15, 0.2) is 0 Å². The molecule has 0 saturated carbocycles. The highest BCUT2D eigenvalue weighted by Crippen LogP contribution is 2.29. The Hall–Kier alpha value is -2.12. The van der Waals surface area contributed by atoms with Crippen LogP contribution in [0.25, 0.3) is 10.8 Å². The molecule has 1 aromatic carbocycles. The second-order valence-corrected chi connectivity index (χ2v) is 7.61. The molecule has 2 heterocycles. The van der Waals surface area contributed by atoms with Crippen LogP contribution in [0.4, 0.5) is 5.69 Å². The van der Waals surface area contributed by atoms with Gasteiger partial charge in [0.25, 0.3) is 11.1 Å². The Morgan fingerprint density at radius 2 is 1.96 bits per heavy atom. The minimum atomic E-state index is -0.347. The molecule has 0 spiro atoms. The maximum atomic E-state index is 12.4. The number of para-hydroxylation sites is 1. The van der Waals surface area contributed by atoms with Gasteiger partial charge >= 0.3 is 0 Å². The van der Waals surface area contributed by atoms with Crippen molar-refractivity contribution in [3.8, 4) is 10.8 Å². The van der Waals surface area contributed by atoms with E-state index in [1.54, 1.807) is 0 Å². The summed E-state index contributed by atoms with van der Waals surface area (Å²) in [6.45, 7) is 5.78. The second kappa shape index (κ2) is 7.19. The summed E-state index contributed by atoms with van der Waals surface area (Å²) < 4.78 is 5.62. The number of anilines is 1. The van der Waals surface area contributed by atoms with Gasteiger partial charge in [-0.25, -0.2) is 0 Å². The zero-order valence-electron chi connectivity index (χ0n) is 13.6. The lowest BCUT2D eigenvalue weighted by molar-refractivity contribution is -0.115. The van der Waals surface area contributed by atoms with Crippen LogP contribution in [0, 0.1) is 13.8 Å². The maximum absolute atomic E-state index is 12.4. The highest BCUT2D eigenvalue weighted by atomic mass is 32.2. The van der Waals surface area contributed by atoms with Crippen LogP contribution < -0.4 is 5.32 Å². The molecule has 0 aliphatic rings. The molecule has 1 atom stereocenters. The van der Waals surface area contributed by atoms with E-state index in [-0.39, 0.29) is 11.2 Å². The molecule has 0 saturated heterocycles. The molecule has 3 rings (SSSR count). The topological polar surface area (TPSA) is 68.0 Å². The van der Waals surface area contributed by atoms with Crippen molar-refractivity contribution in [3.63, 3.8) is 0 Å². The number of hydrogen-bond donors (Lipinski definition) is 1. The van der Waals surface area contributed by atoms with E-state index in [1.165, 1.54) is 23.1 Å². The minimum Gasteiger partial charge on any atom is -0.410 e. The molecule has 5 nitrogen and oxygen atoms in total. The predicted octanol–water partition coefficient (Wildman–Crippen LogP) is 4.53. The summed E-state index contributed by atoms with van der Waals surface area (Å²) in [5.41, 5.74) is 2.94. The van der Waals surface area contributed by atoms with Crippen LogP contribution in [0.15, 0.2) is 45.4 Å². The van der Waals surface area contributed by atoms with Crippen LogP contribution in [0.5, 0.6) is 0 Å². The molecule has 1 N–H and O–H groups in total. The number of nitrogens with one attached hydrogen (secondary N) is 1. The first-order valence-electron chi connectivity index (χ1n) is 7.45. The Morgan fingerprint density at radius 3 is 2.62 bits per heavy atom. The standard InChI is InChI=1S/C17H17N3O2S2/c1-10-6-4-7-11(2)14(10)18-15(21)12(3)24-17-20-19-16(22-17)13-8-5-9-23-13/h4-9,12H,1-3H3,(H,18,21)/t12-/m0/s1. The van der Waals surface area contributed by atoms with Crippen molar-refractivity contribution < 1.29 is 9.21 Å². The Morgan fingerprint density at radius 1 is 1.21 bits per heavy atom. The summed E-state index contributed by atoms with van der Waals surface area (Å²) >= 11 is 2.79. The van der Waals surface area contributed by atoms with E-state index < -0.39 is 0 Å². The van der Waals surface area contributed by atoms with E-state index in [4.69, 9.17) is 4.42 Å². The summed E-state index contributed by atoms with van der Waals surface area (Å²) in [4.78, 5) is 13.4. The Kier molecular flexibility index (Phi) is 5.01. The number of aromatic nitrogens is 2. The number of benzene rings is 1. The molecule has 0 fully saturated rings. The van der Waals surface area contributed by atoms with Crippen LogP contribution in [0.1, 0.15) is 18.1 Å². The first-order chi connectivity index (χ1) is 11.5. The zero-order valence-corrected chi connectivity index (χ0v) is 15.2. The van der Waals surface area contributed by atoms with Gasteiger partial charge in [0.1, 0.15) is 0 Å². The lowest BCUT2D eigenvalue weighted by Crippen LogP contribution is -2.23. The van der Waals surface area contributed by atoms with Gasteiger partial charge < -0.3 is 9.73 Å². The molecule has 0 unspecified atom stereocenters. The molecule has 0 aliphatic heterocycles. The van der Waals surface area contributed by atoms with E-state index in [9.17, 15) is 4.79 Å². The maximum Gasteiger partial charge on any atom is 0.277 e. The summed E-state index contributed by atoms with van der Waals surface area (Å²) in [5.74, 6) is 0.392. The Bertz CT molecular complexity index is 823. The number of thiophene rings is 1. The molecule has 0 aliphatic carbocycles. The molecule has 2 aromatic heterocycles. The number of hydrogen-bond acceptors (Lipinski definition) is 6. The summed E-state index contributed by atoms with van der Waals surface area (Å²) in [5, 5.41) is 13.0. The van der Waals surface area contributed by atoms with Crippen molar-refractivity contribution in [1.82, 2.24) is 10.2 Å². The summed E-state index contributed by atoms with van der Waals surface area (Å²) in [6.07, 6.45) is 0. The highest BCUT2D eigenvalue weighted by Gasteiger charge is 2.20. The molecule has 0 bridgehead atoms. The van der Waals surface area contributed by atoms with Crippen LogP contribution in [0.3, 0.4) is 0 Å². The fourth-order valence-electron chi connectivity index (χ4n) is 2.20. The lowest BCUT2D eigenvalue weighted by Gasteiger charge is -2.14. The predicted molar refractivity (Wildman–Crippen MR) is 97.5 cm³/mol. The van der Waals surface area contributed by atoms with E-state index in [0.717, 1.165) is 21.7 Å². The number of aryl methyl sites for hydroxylation is 2. The molecular weight excluding hydrogens is 342 g/mol. The van der Waals surface area contributed by atoms with Crippen molar-refractivity contribution in [1.29, 1.82) is 0 Å². The van der Waals surface area contributed by atoms with Gasteiger partial charge in [-0.05, 0) is 43.3 Å². The average Bonchev–Trinajstić information content (AvgIpc) is 3.21. The van der Waals surface area contributed by atoms with E-state index in [1.807, 2.05) is 56.5 Å². The highest BCUT2D eigenvalue weighted by molar-refractivity contribution is 8.00. The third kappa shape index (κ3) is 3.68. The van der Waals surface area contributed by atoms with Crippen LogP contribution >= 0.6 is 23.1 Å². The van der Waals surface area contributed by atoms with Gasteiger partial charge in [-0.1, -0.05) is 36.0 Å². The molecule has 24 heavy (non-hydrogen) atoms. The van der Waals surface area contributed by atoms with Gasteiger partial charge in [0.2, 0.25) is 5.91 Å². The number of rotatable bonds is 5. The van der Waals surface area contributed by atoms with Crippen molar-refractivity contribution in [2.45, 2.75) is 31.2 Å².